The fourth-order valence-electron chi connectivity index (χ4n) is 4.43. The number of fused-ring (bicyclic) bond motifs is 1. The van der Waals surface area contributed by atoms with Gasteiger partial charge in [0.05, 0.1) is 23.1 Å². The Labute approximate surface area is 181 Å². The lowest BCUT2D eigenvalue weighted by atomic mass is 9.95. The highest BCUT2D eigenvalue weighted by atomic mass is 19.2. The van der Waals surface area contributed by atoms with E-state index >= 15 is 0 Å². The first-order valence-corrected chi connectivity index (χ1v) is 10.1. The van der Waals surface area contributed by atoms with Gasteiger partial charge in [-0.15, -0.1) is 0 Å². The van der Waals surface area contributed by atoms with Crippen molar-refractivity contribution in [2.75, 3.05) is 11.4 Å². The lowest BCUT2D eigenvalue weighted by molar-refractivity contribution is 0.447. The molecule has 3 heterocycles. The van der Waals surface area contributed by atoms with Crippen molar-refractivity contribution >= 4 is 5.69 Å². The summed E-state index contributed by atoms with van der Waals surface area (Å²) in [4.78, 5) is 2.03. The van der Waals surface area contributed by atoms with Crippen LogP contribution in [0.4, 0.5) is 23.2 Å². The molecule has 0 fully saturated rings. The van der Waals surface area contributed by atoms with Gasteiger partial charge in [0.2, 0.25) is 0 Å². The SMILES string of the molecule is C[C@H]1c2nn(C)c(-c3cc(F)c(F)c(F)c3)c2CCN1c1cc(F)cc(-n2cccn2)c1. The minimum atomic E-state index is -1.50. The van der Waals surface area contributed by atoms with Gasteiger partial charge < -0.3 is 4.90 Å². The highest BCUT2D eigenvalue weighted by molar-refractivity contribution is 5.67. The molecule has 1 aliphatic heterocycles. The highest BCUT2D eigenvalue weighted by Crippen LogP contribution is 2.38. The van der Waals surface area contributed by atoms with E-state index in [2.05, 4.69) is 10.2 Å². The summed E-state index contributed by atoms with van der Waals surface area (Å²) in [5.41, 5.74) is 3.61. The summed E-state index contributed by atoms with van der Waals surface area (Å²) in [6.45, 7) is 2.49. The minimum Gasteiger partial charge on any atom is -0.363 e. The summed E-state index contributed by atoms with van der Waals surface area (Å²) in [6.07, 6.45) is 3.89. The molecule has 0 unspecified atom stereocenters. The molecule has 0 spiro atoms. The van der Waals surface area contributed by atoms with Crippen molar-refractivity contribution in [3.63, 3.8) is 0 Å². The third-order valence-electron chi connectivity index (χ3n) is 5.87. The standard InChI is InChI=1S/C23H19F4N5/c1-13-22-18(23(30(2)29-22)14-8-19(25)21(27)20(26)9-14)4-7-31(13)16-10-15(24)11-17(12-16)32-6-3-5-28-32/h3,5-6,8-13H,4,7H2,1-2H3/t13-/m0/s1. The molecule has 5 rings (SSSR count). The topological polar surface area (TPSA) is 38.9 Å². The number of anilines is 1. The number of hydrogen-bond acceptors (Lipinski definition) is 3. The largest absolute Gasteiger partial charge is 0.363 e. The molecule has 32 heavy (non-hydrogen) atoms. The third-order valence-corrected chi connectivity index (χ3v) is 5.87. The Bertz CT molecular complexity index is 1290. The molecule has 0 amide bonds. The van der Waals surface area contributed by atoms with Gasteiger partial charge in [-0.3, -0.25) is 4.68 Å². The Hall–Kier alpha value is -3.62. The van der Waals surface area contributed by atoms with E-state index in [4.69, 9.17) is 0 Å². The molecule has 1 atom stereocenters. The van der Waals surface area contributed by atoms with E-state index in [1.165, 1.54) is 12.1 Å². The number of halogens is 4. The number of aromatic nitrogens is 4. The van der Waals surface area contributed by atoms with Crippen LogP contribution < -0.4 is 4.90 Å². The molecular formula is C23H19F4N5. The zero-order valence-electron chi connectivity index (χ0n) is 17.4. The fourth-order valence-corrected chi connectivity index (χ4v) is 4.43. The summed E-state index contributed by atoms with van der Waals surface area (Å²) in [5.74, 6) is -4.37. The summed E-state index contributed by atoms with van der Waals surface area (Å²) in [7, 11) is 1.68. The molecule has 4 aromatic rings. The molecule has 0 radical (unpaired) electrons. The van der Waals surface area contributed by atoms with E-state index in [1.807, 2.05) is 17.9 Å². The summed E-state index contributed by atoms with van der Waals surface area (Å²) in [5, 5.41) is 8.75. The zero-order valence-corrected chi connectivity index (χ0v) is 17.4. The Morgan fingerprint density at radius 2 is 1.69 bits per heavy atom. The van der Waals surface area contributed by atoms with E-state index in [-0.39, 0.29) is 17.4 Å². The van der Waals surface area contributed by atoms with Crippen LogP contribution >= 0.6 is 0 Å². The fraction of sp³-hybridized carbons (Fsp3) is 0.217. The lowest BCUT2D eigenvalue weighted by Crippen LogP contribution is -2.34. The number of hydrogen-bond donors (Lipinski definition) is 0. The van der Waals surface area contributed by atoms with Crippen LogP contribution in [-0.2, 0) is 13.5 Å². The monoisotopic (exact) mass is 441 g/mol. The van der Waals surface area contributed by atoms with Gasteiger partial charge in [0.1, 0.15) is 5.82 Å². The molecular weight excluding hydrogens is 422 g/mol. The number of aryl methyl sites for hydroxylation is 1. The predicted molar refractivity (Wildman–Crippen MR) is 112 cm³/mol. The van der Waals surface area contributed by atoms with E-state index in [1.54, 1.807) is 34.9 Å². The van der Waals surface area contributed by atoms with Crippen LogP contribution in [0.1, 0.15) is 24.2 Å². The second-order valence-electron chi connectivity index (χ2n) is 7.83. The van der Waals surface area contributed by atoms with Gasteiger partial charge in [0.25, 0.3) is 0 Å². The van der Waals surface area contributed by atoms with E-state index in [9.17, 15) is 17.6 Å². The first-order chi connectivity index (χ1) is 15.3. The van der Waals surface area contributed by atoms with Crippen LogP contribution in [0.3, 0.4) is 0 Å². The Morgan fingerprint density at radius 3 is 2.38 bits per heavy atom. The van der Waals surface area contributed by atoms with Crippen LogP contribution in [0.2, 0.25) is 0 Å². The number of rotatable bonds is 3. The van der Waals surface area contributed by atoms with Crippen molar-refractivity contribution in [3.8, 4) is 16.9 Å². The van der Waals surface area contributed by atoms with Crippen LogP contribution in [0.15, 0.2) is 48.8 Å². The van der Waals surface area contributed by atoms with Crippen LogP contribution in [0.5, 0.6) is 0 Å². The second kappa shape index (κ2) is 7.51. The van der Waals surface area contributed by atoms with Crippen molar-refractivity contribution in [2.45, 2.75) is 19.4 Å². The maximum Gasteiger partial charge on any atom is 0.194 e. The van der Waals surface area contributed by atoms with Gasteiger partial charge in [-0.1, -0.05) is 0 Å². The molecule has 2 aromatic carbocycles. The van der Waals surface area contributed by atoms with E-state index in [0.717, 1.165) is 23.4 Å². The highest BCUT2D eigenvalue weighted by Gasteiger charge is 2.31. The van der Waals surface area contributed by atoms with Crippen molar-refractivity contribution in [3.05, 3.63) is 83.3 Å². The average Bonchev–Trinajstić information content (AvgIpc) is 3.39. The lowest BCUT2D eigenvalue weighted by Gasteiger charge is -2.35. The molecule has 5 nitrogen and oxygen atoms in total. The van der Waals surface area contributed by atoms with Gasteiger partial charge in [-0.2, -0.15) is 10.2 Å². The van der Waals surface area contributed by atoms with Crippen molar-refractivity contribution in [1.82, 2.24) is 19.6 Å². The van der Waals surface area contributed by atoms with Gasteiger partial charge in [-0.25, -0.2) is 22.2 Å². The Kier molecular flexibility index (Phi) is 4.76. The minimum absolute atomic E-state index is 0.221. The molecule has 1 aliphatic rings. The quantitative estimate of drug-likeness (QED) is 0.334. The molecule has 0 aliphatic carbocycles. The zero-order chi connectivity index (χ0) is 22.6. The smallest absolute Gasteiger partial charge is 0.194 e. The summed E-state index contributed by atoms with van der Waals surface area (Å²) in [6, 6.07) is 8.23. The van der Waals surface area contributed by atoms with Gasteiger partial charge >= 0.3 is 0 Å². The van der Waals surface area contributed by atoms with Gasteiger partial charge in [0.15, 0.2) is 17.5 Å². The molecule has 9 heteroatoms. The maximum absolute atomic E-state index is 14.4. The van der Waals surface area contributed by atoms with Crippen molar-refractivity contribution in [2.24, 2.45) is 7.05 Å². The molecule has 0 bridgehead atoms. The van der Waals surface area contributed by atoms with Gasteiger partial charge in [0, 0.05) is 42.8 Å². The second-order valence-corrected chi connectivity index (χ2v) is 7.83. The molecule has 164 valence electrons. The molecule has 2 aromatic heterocycles. The van der Waals surface area contributed by atoms with Crippen molar-refractivity contribution < 1.29 is 17.6 Å². The Balaban J connectivity index is 1.55. The molecule has 0 saturated carbocycles. The van der Waals surface area contributed by atoms with Crippen LogP contribution in [0.25, 0.3) is 16.9 Å². The first kappa shape index (κ1) is 20.3. The number of benzene rings is 2. The van der Waals surface area contributed by atoms with E-state index < -0.39 is 17.5 Å². The van der Waals surface area contributed by atoms with Crippen LogP contribution in [0, 0.1) is 23.3 Å². The third kappa shape index (κ3) is 3.24. The predicted octanol–water partition coefficient (Wildman–Crippen LogP) is 4.95. The first-order valence-electron chi connectivity index (χ1n) is 10.1. The number of nitrogens with zero attached hydrogens (tertiary/aromatic N) is 5. The normalized spacial score (nSPS) is 15.8. The maximum atomic E-state index is 14.4. The average molecular weight is 441 g/mol. The van der Waals surface area contributed by atoms with Crippen molar-refractivity contribution in [1.29, 1.82) is 0 Å². The molecule has 0 saturated heterocycles. The van der Waals surface area contributed by atoms with Gasteiger partial charge in [-0.05, 0) is 49.7 Å². The summed E-state index contributed by atoms with van der Waals surface area (Å²) < 4.78 is 58.7. The molecule has 0 N–H and O–H groups in total. The van der Waals surface area contributed by atoms with E-state index in [0.29, 0.717) is 30.0 Å². The Morgan fingerprint density at radius 1 is 0.969 bits per heavy atom. The van der Waals surface area contributed by atoms with Crippen LogP contribution in [-0.4, -0.2) is 26.1 Å². The summed E-state index contributed by atoms with van der Waals surface area (Å²) >= 11 is 0.